The van der Waals surface area contributed by atoms with Gasteiger partial charge in [0.2, 0.25) is 0 Å². The molecule has 96 valence electrons. The molecule has 0 aliphatic carbocycles. The first-order valence-electron chi connectivity index (χ1n) is 5.95. The van der Waals surface area contributed by atoms with Gasteiger partial charge in [-0.25, -0.2) is 4.98 Å². The number of halogens is 1. The third-order valence-electron chi connectivity index (χ3n) is 3.01. The van der Waals surface area contributed by atoms with Gasteiger partial charge in [0.25, 0.3) is 0 Å². The predicted octanol–water partition coefficient (Wildman–Crippen LogP) is 3.55. The largest absolute Gasteiger partial charge is 0.271 e. The monoisotopic (exact) mass is 307 g/mol. The molecular formula is C14H18BrN3. The fourth-order valence-electron chi connectivity index (χ4n) is 2.05. The first kappa shape index (κ1) is 13.5. The molecule has 0 radical (unpaired) electrons. The minimum atomic E-state index is -0.00722. The van der Waals surface area contributed by atoms with E-state index in [0.717, 1.165) is 21.1 Å². The molecule has 3 nitrogen and oxygen atoms in total. The second-order valence-corrected chi connectivity index (χ2v) is 6.37. The summed E-state index contributed by atoms with van der Waals surface area (Å²) < 4.78 is 0.985. The molecule has 2 rings (SSSR count). The zero-order chi connectivity index (χ0) is 13.3. The van der Waals surface area contributed by atoms with Crippen LogP contribution in [0.4, 0.5) is 0 Å². The zero-order valence-electron chi connectivity index (χ0n) is 10.9. The number of hydrogen-bond donors (Lipinski definition) is 2. The Balaban J connectivity index is 2.59. The summed E-state index contributed by atoms with van der Waals surface area (Å²) in [4.78, 5) is 4.72. The maximum atomic E-state index is 5.69. The van der Waals surface area contributed by atoms with Gasteiger partial charge in [0.15, 0.2) is 0 Å². The fraction of sp³-hybridized carbons (Fsp3) is 0.357. The Labute approximate surface area is 116 Å². The van der Waals surface area contributed by atoms with E-state index in [-0.39, 0.29) is 11.5 Å². The van der Waals surface area contributed by atoms with Crippen molar-refractivity contribution in [3.05, 3.63) is 40.5 Å². The average molecular weight is 308 g/mol. The predicted molar refractivity (Wildman–Crippen MR) is 79.0 cm³/mol. The molecule has 4 heteroatoms. The van der Waals surface area contributed by atoms with Crippen LogP contribution in [0.2, 0.25) is 0 Å². The fourth-order valence-corrected chi connectivity index (χ4v) is 2.61. The molecule has 1 atom stereocenters. The van der Waals surface area contributed by atoms with Crippen molar-refractivity contribution in [3.63, 3.8) is 0 Å². The van der Waals surface area contributed by atoms with E-state index in [1.54, 1.807) is 0 Å². The first-order chi connectivity index (χ1) is 8.43. The van der Waals surface area contributed by atoms with Gasteiger partial charge < -0.3 is 0 Å². The number of aromatic nitrogens is 1. The second kappa shape index (κ2) is 4.96. The highest BCUT2D eigenvalue weighted by molar-refractivity contribution is 9.10. The molecule has 1 unspecified atom stereocenters. The van der Waals surface area contributed by atoms with E-state index in [1.807, 2.05) is 18.2 Å². The number of fused-ring (bicyclic) bond motifs is 1. The highest BCUT2D eigenvalue weighted by atomic mass is 79.9. The third kappa shape index (κ3) is 2.55. The number of hydrazine groups is 1. The van der Waals surface area contributed by atoms with Crippen LogP contribution >= 0.6 is 15.9 Å². The van der Waals surface area contributed by atoms with Crippen LogP contribution in [0, 0.1) is 5.41 Å². The Morgan fingerprint density at radius 1 is 1.28 bits per heavy atom. The normalized spacial score (nSPS) is 13.8. The lowest BCUT2D eigenvalue weighted by Crippen LogP contribution is -2.37. The van der Waals surface area contributed by atoms with E-state index < -0.39 is 0 Å². The van der Waals surface area contributed by atoms with Crippen LogP contribution in [-0.4, -0.2) is 4.98 Å². The molecule has 0 amide bonds. The van der Waals surface area contributed by atoms with Crippen molar-refractivity contribution in [2.75, 3.05) is 0 Å². The van der Waals surface area contributed by atoms with Gasteiger partial charge in [-0.2, -0.15) is 0 Å². The van der Waals surface area contributed by atoms with Crippen LogP contribution in [0.5, 0.6) is 0 Å². The highest BCUT2D eigenvalue weighted by Gasteiger charge is 2.28. The number of hydrogen-bond acceptors (Lipinski definition) is 3. The number of nitrogens with one attached hydrogen (secondary N) is 1. The molecule has 2 aromatic rings. The molecule has 3 N–H and O–H groups in total. The van der Waals surface area contributed by atoms with E-state index in [9.17, 15) is 0 Å². The summed E-state index contributed by atoms with van der Waals surface area (Å²) in [6.07, 6.45) is 0. The van der Waals surface area contributed by atoms with Gasteiger partial charge in [0.1, 0.15) is 0 Å². The summed E-state index contributed by atoms with van der Waals surface area (Å²) in [7, 11) is 0. The van der Waals surface area contributed by atoms with Gasteiger partial charge >= 0.3 is 0 Å². The lowest BCUT2D eigenvalue weighted by Gasteiger charge is -2.30. The van der Waals surface area contributed by atoms with Gasteiger partial charge in [-0.3, -0.25) is 11.3 Å². The van der Waals surface area contributed by atoms with E-state index in [0.29, 0.717) is 0 Å². The van der Waals surface area contributed by atoms with Crippen molar-refractivity contribution in [1.82, 2.24) is 10.4 Å². The smallest absolute Gasteiger partial charge is 0.0741 e. The third-order valence-corrected chi connectivity index (χ3v) is 3.65. The van der Waals surface area contributed by atoms with Gasteiger partial charge in [0.05, 0.1) is 17.3 Å². The molecule has 0 saturated carbocycles. The Bertz CT molecular complexity index is 560. The minimum absolute atomic E-state index is 0.00326. The van der Waals surface area contributed by atoms with E-state index in [4.69, 9.17) is 10.8 Å². The molecule has 1 aromatic carbocycles. The molecule has 0 spiro atoms. The Hall–Kier alpha value is -0.970. The van der Waals surface area contributed by atoms with Crippen LogP contribution in [0.1, 0.15) is 32.5 Å². The molecule has 0 bridgehead atoms. The molecule has 18 heavy (non-hydrogen) atoms. The summed E-state index contributed by atoms with van der Waals surface area (Å²) >= 11 is 3.59. The van der Waals surface area contributed by atoms with Crippen molar-refractivity contribution < 1.29 is 0 Å². The summed E-state index contributed by atoms with van der Waals surface area (Å²) in [6, 6.07) is 10.2. The highest BCUT2D eigenvalue weighted by Crippen LogP contribution is 2.35. The lowest BCUT2D eigenvalue weighted by molar-refractivity contribution is 0.270. The Morgan fingerprint density at radius 3 is 2.56 bits per heavy atom. The number of pyridine rings is 1. The quantitative estimate of drug-likeness (QED) is 0.659. The lowest BCUT2D eigenvalue weighted by atomic mass is 9.85. The van der Waals surface area contributed by atoms with Gasteiger partial charge in [0, 0.05) is 9.86 Å². The Morgan fingerprint density at radius 2 is 1.94 bits per heavy atom. The summed E-state index contributed by atoms with van der Waals surface area (Å²) in [5.41, 5.74) is 4.80. The van der Waals surface area contributed by atoms with Crippen molar-refractivity contribution >= 4 is 26.8 Å². The first-order valence-corrected chi connectivity index (χ1v) is 6.74. The van der Waals surface area contributed by atoms with Crippen LogP contribution in [0.25, 0.3) is 10.9 Å². The standard InChI is InChI=1S/C14H18BrN3/c1-14(2,3)13(18-16)12-10(15)8-9-6-4-5-7-11(9)17-12/h4-8,13,18H,16H2,1-3H3. The van der Waals surface area contributed by atoms with E-state index >= 15 is 0 Å². The van der Waals surface area contributed by atoms with Crippen molar-refractivity contribution in [3.8, 4) is 0 Å². The van der Waals surface area contributed by atoms with Gasteiger partial charge in [-0.15, -0.1) is 0 Å². The maximum absolute atomic E-state index is 5.69. The average Bonchev–Trinajstić information content (AvgIpc) is 2.29. The Kier molecular flexibility index (Phi) is 3.71. The minimum Gasteiger partial charge on any atom is -0.271 e. The second-order valence-electron chi connectivity index (χ2n) is 5.51. The van der Waals surface area contributed by atoms with Crippen LogP contribution in [-0.2, 0) is 0 Å². The van der Waals surface area contributed by atoms with Crippen molar-refractivity contribution in [2.24, 2.45) is 11.3 Å². The molecule has 0 aliphatic heterocycles. The molecule has 1 aromatic heterocycles. The van der Waals surface area contributed by atoms with Crippen LogP contribution < -0.4 is 11.3 Å². The molecule has 0 aliphatic rings. The van der Waals surface area contributed by atoms with Crippen LogP contribution in [0.15, 0.2) is 34.8 Å². The van der Waals surface area contributed by atoms with Crippen molar-refractivity contribution in [2.45, 2.75) is 26.8 Å². The number of para-hydroxylation sites is 1. The number of nitrogens with zero attached hydrogens (tertiary/aromatic N) is 1. The molecule has 0 fully saturated rings. The molecule has 1 heterocycles. The van der Waals surface area contributed by atoms with E-state index in [1.165, 1.54) is 0 Å². The summed E-state index contributed by atoms with van der Waals surface area (Å²) in [5.74, 6) is 5.69. The number of benzene rings is 1. The van der Waals surface area contributed by atoms with Gasteiger partial charge in [-0.05, 0) is 33.5 Å². The SMILES string of the molecule is CC(C)(C)C(NN)c1nc2ccccc2cc1Br. The molecule has 0 saturated heterocycles. The number of rotatable bonds is 2. The van der Waals surface area contributed by atoms with Gasteiger partial charge in [-0.1, -0.05) is 39.0 Å². The van der Waals surface area contributed by atoms with Crippen molar-refractivity contribution in [1.29, 1.82) is 0 Å². The number of nitrogens with two attached hydrogens (primary N) is 1. The zero-order valence-corrected chi connectivity index (χ0v) is 12.5. The maximum Gasteiger partial charge on any atom is 0.0741 e. The van der Waals surface area contributed by atoms with E-state index in [2.05, 4.69) is 54.3 Å². The summed E-state index contributed by atoms with van der Waals surface area (Å²) in [5, 5.41) is 1.12. The topological polar surface area (TPSA) is 50.9 Å². The summed E-state index contributed by atoms with van der Waals surface area (Å²) in [6.45, 7) is 6.42. The van der Waals surface area contributed by atoms with Crippen LogP contribution in [0.3, 0.4) is 0 Å². The molecular weight excluding hydrogens is 290 g/mol.